The molecule has 0 saturated heterocycles. The molecule has 0 atom stereocenters. The van der Waals surface area contributed by atoms with Crippen molar-refractivity contribution in [2.75, 3.05) is 20.3 Å². The van der Waals surface area contributed by atoms with E-state index in [-0.39, 0.29) is 29.9 Å². The number of carbonyl (C=O) groups excluding carboxylic acids is 1. The number of aliphatic hydroxyl groups is 1. The van der Waals surface area contributed by atoms with E-state index < -0.39 is 0 Å². The number of fused-ring (bicyclic) bond motifs is 2. The Morgan fingerprint density at radius 1 is 1.08 bits per heavy atom. The van der Waals surface area contributed by atoms with Gasteiger partial charge in [0.15, 0.2) is 5.69 Å². The first kappa shape index (κ1) is 28.8. The summed E-state index contributed by atoms with van der Waals surface area (Å²) in [6.07, 6.45) is 5.35. The SMILES string of the molecule is COc1c(C=Cc2cc(C)c3cc4ccc(CCC(=O)NCCO)n4s[n+]2-3)cc(C(C)(C)C)cc1C(C)(C)C. The van der Waals surface area contributed by atoms with Crippen molar-refractivity contribution in [1.29, 1.82) is 0 Å². The number of aliphatic hydroxyl groups excluding tert-OH is 1. The zero-order chi connectivity index (χ0) is 28.5. The summed E-state index contributed by atoms with van der Waals surface area (Å²) in [4.78, 5) is 12.1. The van der Waals surface area contributed by atoms with Crippen LogP contribution in [0, 0.1) is 6.92 Å². The number of aryl methyl sites for hydroxylation is 2. The maximum Gasteiger partial charge on any atom is 0.242 e. The van der Waals surface area contributed by atoms with Gasteiger partial charge in [-0.2, -0.15) is 0 Å². The van der Waals surface area contributed by atoms with Crippen LogP contribution in [0.2, 0.25) is 0 Å². The van der Waals surface area contributed by atoms with Gasteiger partial charge in [-0.05, 0) is 59.7 Å². The standard InChI is InChI=1S/C32H41N3O3S/c1-21-17-25(10-9-22-18-23(31(2,3)4)19-27(30(22)38-8)32(5,6)7)35-28(21)20-26-12-11-24(34(26)39-35)13-14-29(37)33-15-16-36/h9-12,17-20,36H,13-16H2,1-8H3/p+1. The number of ether oxygens (including phenoxy) is 1. The van der Waals surface area contributed by atoms with Gasteiger partial charge in [0.1, 0.15) is 22.7 Å². The number of hydrogen-bond acceptors (Lipinski definition) is 4. The fourth-order valence-electron chi connectivity index (χ4n) is 4.82. The molecule has 1 aromatic heterocycles. The Balaban J connectivity index is 1.75. The Hall–Kier alpha value is -3.16. The molecule has 0 saturated carbocycles. The maximum atomic E-state index is 12.1. The molecule has 0 bridgehead atoms. The first-order valence-corrected chi connectivity index (χ1v) is 14.3. The normalized spacial score (nSPS) is 12.6. The van der Waals surface area contributed by atoms with Crippen LogP contribution in [0.25, 0.3) is 23.4 Å². The third kappa shape index (κ3) is 6.20. The number of carbonyl (C=O) groups is 1. The van der Waals surface area contributed by atoms with Crippen LogP contribution in [0.5, 0.6) is 5.75 Å². The van der Waals surface area contributed by atoms with E-state index in [1.54, 1.807) is 18.8 Å². The molecule has 0 radical (unpaired) electrons. The summed E-state index contributed by atoms with van der Waals surface area (Å²) < 4.78 is 10.4. The number of nitrogens with zero attached hydrogens (tertiary/aromatic N) is 2. The van der Waals surface area contributed by atoms with Crippen LogP contribution in [0.1, 0.15) is 81.6 Å². The molecular weight excluding hydrogens is 506 g/mol. The molecule has 2 aliphatic rings. The minimum atomic E-state index is -0.0545. The minimum absolute atomic E-state index is 0.0146. The molecule has 0 spiro atoms. The van der Waals surface area contributed by atoms with Crippen LogP contribution in [0.3, 0.4) is 0 Å². The summed E-state index contributed by atoms with van der Waals surface area (Å²) in [5.41, 5.74) is 9.21. The number of amides is 1. The summed E-state index contributed by atoms with van der Waals surface area (Å²) in [5.74, 6) is 0.870. The van der Waals surface area contributed by atoms with Gasteiger partial charge in [-0.25, -0.2) is 0 Å². The highest BCUT2D eigenvalue weighted by molar-refractivity contribution is 6.96. The molecule has 0 unspecified atom stereocenters. The van der Waals surface area contributed by atoms with Gasteiger partial charge in [0.25, 0.3) is 0 Å². The number of methoxy groups -OCH3 is 1. The van der Waals surface area contributed by atoms with E-state index in [0.717, 1.165) is 28.2 Å². The highest BCUT2D eigenvalue weighted by Crippen LogP contribution is 2.39. The maximum absolute atomic E-state index is 12.1. The van der Waals surface area contributed by atoms with Crippen LogP contribution >= 0.6 is 11.7 Å². The molecule has 7 heteroatoms. The fourth-order valence-corrected chi connectivity index (χ4v) is 5.94. The number of rotatable bonds is 8. The second-order valence-corrected chi connectivity index (χ2v) is 13.1. The van der Waals surface area contributed by atoms with E-state index in [9.17, 15) is 4.79 Å². The molecule has 0 aliphatic carbocycles. The van der Waals surface area contributed by atoms with Crippen LogP contribution in [-0.2, 0) is 22.0 Å². The van der Waals surface area contributed by atoms with Gasteiger partial charge >= 0.3 is 0 Å². The van der Waals surface area contributed by atoms with Crippen LogP contribution in [0.4, 0.5) is 0 Å². The van der Waals surface area contributed by atoms with Crippen molar-refractivity contribution in [2.24, 2.45) is 0 Å². The molecule has 2 aromatic rings. The first-order valence-electron chi connectivity index (χ1n) is 13.6. The van der Waals surface area contributed by atoms with Crippen molar-refractivity contribution in [3.8, 4) is 11.4 Å². The third-order valence-electron chi connectivity index (χ3n) is 7.08. The van der Waals surface area contributed by atoms with E-state index in [1.807, 2.05) is 0 Å². The van der Waals surface area contributed by atoms with E-state index in [2.05, 4.69) is 110 Å². The molecule has 1 amide bonds. The lowest BCUT2D eigenvalue weighted by Crippen LogP contribution is -2.30. The Labute approximate surface area is 236 Å². The quantitative estimate of drug-likeness (QED) is 0.272. The zero-order valence-corrected chi connectivity index (χ0v) is 25.3. The van der Waals surface area contributed by atoms with E-state index >= 15 is 0 Å². The van der Waals surface area contributed by atoms with E-state index in [1.165, 1.54) is 22.4 Å². The predicted molar refractivity (Wildman–Crippen MR) is 160 cm³/mol. The molecule has 6 nitrogen and oxygen atoms in total. The van der Waals surface area contributed by atoms with Gasteiger partial charge in [0.05, 0.1) is 13.7 Å². The molecule has 3 heterocycles. The summed E-state index contributed by atoms with van der Waals surface area (Å²) in [6.45, 7) is 15.8. The predicted octanol–water partition coefficient (Wildman–Crippen LogP) is 5.84. The fraction of sp³-hybridized carbons (Fsp3) is 0.438. The number of aromatic nitrogens is 2. The molecule has 2 aliphatic heterocycles. The molecule has 208 valence electrons. The Morgan fingerprint density at radius 2 is 1.82 bits per heavy atom. The molecule has 39 heavy (non-hydrogen) atoms. The topological polar surface area (TPSA) is 66.8 Å². The number of benzene rings is 1. The molecule has 0 fully saturated rings. The Bertz CT molecular complexity index is 1480. The lowest BCUT2D eigenvalue weighted by atomic mass is 9.79. The smallest absolute Gasteiger partial charge is 0.242 e. The number of nitrogens with one attached hydrogen (secondary N) is 1. The Morgan fingerprint density at radius 3 is 2.46 bits per heavy atom. The van der Waals surface area contributed by atoms with Crippen LogP contribution in [-0.4, -0.2) is 35.1 Å². The minimum Gasteiger partial charge on any atom is -0.496 e. The monoisotopic (exact) mass is 548 g/mol. The van der Waals surface area contributed by atoms with Crippen molar-refractivity contribution < 1.29 is 18.6 Å². The number of hydrogen-bond donors (Lipinski definition) is 2. The van der Waals surface area contributed by atoms with Gasteiger partial charge in [-0.15, -0.1) is 7.75 Å². The zero-order valence-electron chi connectivity index (χ0n) is 24.5. The van der Waals surface area contributed by atoms with Crippen LogP contribution in [0.15, 0.2) is 36.4 Å². The molecule has 1 aromatic carbocycles. The summed E-state index contributed by atoms with van der Waals surface area (Å²) in [7, 11) is 1.76. The third-order valence-corrected chi connectivity index (χ3v) is 8.26. The lowest BCUT2D eigenvalue weighted by molar-refractivity contribution is -0.522. The second kappa shape index (κ2) is 11.1. The van der Waals surface area contributed by atoms with Gasteiger partial charge in [-0.3, -0.25) is 4.79 Å². The molecule has 2 N–H and O–H groups in total. The van der Waals surface area contributed by atoms with Gasteiger partial charge in [0.2, 0.25) is 17.6 Å². The summed E-state index contributed by atoms with van der Waals surface area (Å²) in [6, 6.07) is 13.2. The molecular formula is C32H42N3O3S+. The highest BCUT2D eigenvalue weighted by atomic mass is 32.1. The largest absolute Gasteiger partial charge is 0.496 e. The average molecular weight is 549 g/mol. The lowest BCUT2D eigenvalue weighted by Gasteiger charge is -2.28. The van der Waals surface area contributed by atoms with Crippen molar-refractivity contribution in [2.45, 2.75) is 72.1 Å². The first-order chi connectivity index (χ1) is 18.3. The highest BCUT2D eigenvalue weighted by Gasteiger charge is 2.26. The van der Waals surface area contributed by atoms with Crippen LogP contribution < -0.4 is 14.0 Å². The van der Waals surface area contributed by atoms with Crippen molar-refractivity contribution >= 4 is 35.3 Å². The Kier molecular flexibility index (Phi) is 8.24. The average Bonchev–Trinajstić information content (AvgIpc) is 3.41. The summed E-state index contributed by atoms with van der Waals surface area (Å²) in [5, 5.41) is 11.7. The second-order valence-electron chi connectivity index (χ2n) is 12.3. The van der Waals surface area contributed by atoms with Crippen molar-refractivity contribution in [3.05, 3.63) is 70.0 Å². The summed E-state index contributed by atoms with van der Waals surface area (Å²) >= 11 is 1.64. The van der Waals surface area contributed by atoms with Gasteiger partial charge < -0.3 is 15.2 Å². The van der Waals surface area contributed by atoms with Gasteiger partial charge in [0, 0.05) is 42.1 Å². The van der Waals surface area contributed by atoms with E-state index in [0.29, 0.717) is 12.8 Å². The van der Waals surface area contributed by atoms with Crippen molar-refractivity contribution in [3.63, 3.8) is 0 Å². The molecule has 4 rings (SSSR count). The van der Waals surface area contributed by atoms with Crippen molar-refractivity contribution in [1.82, 2.24) is 9.11 Å². The van der Waals surface area contributed by atoms with Gasteiger partial charge in [-0.1, -0.05) is 47.6 Å². The van der Waals surface area contributed by atoms with E-state index in [4.69, 9.17) is 9.84 Å².